The minimum atomic E-state index is 0.926. The van der Waals surface area contributed by atoms with Gasteiger partial charge in [0, 0.05) is 26.7 Å². The quantitative estimate of drug-likeness (QED) is 0.446. The molecule has 1 N–H and O–H groups in total. The van der Waals surface area contributed by atoms with Crippen molar-refractivity contribution in [3.05, 3.63) is 0 Å². The SMILES string of the molecule is CCN(CC)CCCCNC(=NC)N1CC2CCCCC2C1. The minimum absolute atomic E-state index is 0.926. The number of nitrogens with zero attached hydrogens (tertiary/aromatic N) is 3. The van der Waals surface area contributed by atoms with Crippen LogP contribution in [-0.4, -0.2) is 62.1 Å². The molecule has 1 heterocycles. The van der Waals surface area contributed by atoms with Crippen LogP contribution in [0.1, 0.15) is 52.4 Å². The Balaban J connectivity index is 1.65. The van der Waals surface area contributed by atoms with Crippen molar-refractivity contribution in [2.45, 2.75) is 52.4 Å². The molecule has 1 saturated carbocycles. The average Bonchev–Trinajstić information content (AvgIpc) is 2.98. The lowest BCUT2D eigenvalue weighted by Gasteiger charge is -2.22. The van der Waals surface area contributed by atoms with Crippen LogP contribution in [0.3, 0.4) is 0 Å². The highest BCUT2D eigenvalue weighted by atomic mass is 15.3. The van der Waals surface area contributed by atoms with Crippen molar-refractivity contribution in [1.82, 2.24) is 15.1 Å². The van der Waals surface area contributed by atoms with E-state index in [1.165, 1.54) is 71.2 Å². The van der Waals surface area contributed by atoms with Crippen molar-refractivity contribution in [2.75, 3.05) is 46.3 Å². The molecule has 0 bridgehead atoms. The van der Waals surface area contributed by atoms with Crippen molar-refractivity contribution in [1.29, 1.82) is 0 Å². The van der Waals surface area contributed by atoms with Crippen LogP contribution in [-0.2, 0) is 0 Å². The van der Waals surface area contributed by atoms with Crippen molar-refractivity contribution in [3.63, 3.8) is 0 Å². The summed E-state index contributed by atoms with van der Waals surface area (Å²) < 4.78 is 0. The van der Waals surface area contributed by atoms with Gasteiger partial charge in [-0.05, 0) is 57.2 Å². The number of unbranched alkanes of at least 4 members (excludes halogenated alkanes) is 1. The molecular weight excluding hydrogens is 272 g/mol. The number of fused-ring (bicyclic) bond motifs is 1. The molecule has 0 radical (unpaired) electrons. The van der Waals surface area contributed by atoms with Gasteiger partial charge in [0.2, 0.25) is 0 Å². The van der Waals surface area contributed by atoms with Crippen LogP contribution in [0.25, 0.3) is 0 Å². The Morgan fingerprint density at radius 2 is 1.73 bits per heavy atom. The molecular formula is C18H36N4. The fourth-order valence-electron chi connectivity index (χ4n) is 4.11. The maximum atomic E-state index is 4.51. The molecule has 4 nitrogen and oxygen atoms in total. The van der Waals surface area contributed by atoms with Gasteiger partial charge < -0.3 is 15.1 Å². The molecule has 2 fully saturated rings. The molecule has 0 spiro atoms. The maximum absolute atomic E-state index is 4.51. The molecule has 0 aromatic carbocycles. The Hall–Kier alpha value is -0.770. The molecule has 128 valence electrons. The van der Waals surface area contributed by atoms with Crippen molar-refractivity contribution in [3.8, 4) is 0 Å². The number of aliphatic imine (C=N–C) groups is 1. The summed E-state index contributed by atoms with van der Waals surface area (Å²) in [7, 11) is 1.93. The first-order valence-corrected chi connectivity index (χ1v) is 9.46. The van der Waals surface area contributed by atoms with E-state index < -0.39 is 0 Å². The fourth-order valence-corrected chi connectivity index (χ4v) is 4.11. The van der Waals surface area contributed by atoms with Crippen LogP contribution in [0, 0.1) is 11.8 Å². The number of rotatable bonds is 7. The first-order chi connectivity index (χ1) is 10.8. The second-order valence-electron chi connectivity index (χ2n) is 6.92. The largest absolute Gasteiger partial charge is 0.356 e. The van der Waals surface area contributed by atoms with E-state index in [0.717, 1.165) is 24.3 Å². The first kappa shape index (κ1) is 17.6. The Morgan fingerprint density at radius 1 is 1.09 bits per heavy atom. The molecule has 22 heavy (non-hydrogen) atoms. The molecule has 2 unspecified atom stereocenters. The second kappa shape index (κ2) is 9.39. The molecule has 0 amide bonds. The summed E-state index contributed by atoms with van der Waals surface area (Å²) in [4.78, 5) is 9.52. The van der Waals surface area contributed by atoms with Crippen LogP contribution in [0.5, 0.6) is 0 Å². The number of likely N-dealkylation sites (tertiary alicyclic amines) is 1. The number of hydrogen-bond acceptors (Lipinski definition) is 2. The summed E-state index contributed by atoms with van der Waals surface area (Å²) in [5, 5.41) is 3.59. The van der Waals surface area contributed by atoms with Gasteiger partial charge in [-0.2, -0.15) is 0 Å². The first-order valence-electron chi connectivity index (χ1n) is 9.46. The van der Waals surface area contributed by atoms with Gasteiger partial charge in [-0.3, -0.25) is 4.99 Å². The highest BCUT2D eigenvalue weighted by molar-refractivity contribution is 5.80. The Labute approximate surface area is 137 Å². The van der Waals surface area contributed by atoms with Crippen LogP contribution in [0.15, 0.2) is 4.99 Å². The third kappa shape index (κ3) is 4.87. The van der Waals surface area contributed by atoms with Crippen LogP contribution in [0.4, 0.5) is 0 Å². The Bertz CT molecular complexity index is 324. The highest BCUT2D eigenvalue weighted by Crippen LogP contribution is 2.35. The number of nitrogens with one attached hydrogen (secondary N) is 1. The van der Waals surface area contributed by atoms with Gasteiger partial charge in [0.15, 0.2) is 5.96 Å². The monoisotopic (exact) mass is 308 g/mol. The van der Waals surface area contributed by atoms with Gasteiger partial charge in [-0.15, -0.1) is 0 Å². The zero-order valence-corrected chi connectivity index (χ0v) is 15.0. The summed E-state index contributed by atoms with van der Waals surface area (Å²) >= 11 is 0. The van der Waals surface area contributed by atoms with Crippen LogP contribution >= 0.6 is 0 Å². The summed E-state index contributed by atoms with van der Waals surface area (Å²) in [6, 6.07) is 0. The standard InChI is InChI=1S/C18H36N4/c1-4-21(5-2)13-9-8-12-20-18(19-3)22-14-16-10-6-7-11-17(16)15-22/h16-17H,4-15H2,1-3H3,(H,19,20). The van der Waals surface area contributed by atoms with Crippen molar-refractivity contribution < 1.29 is 0 Å². The van der Waals surface area contributed by atoms with Gasteiger partial charge in [-0.1, -0.05) is 26.7 Å². The van der Waals surface area contributed by atoms with Gasteiger partial charge >= 0.3 is 0 Å². The van der Waals surface area contributed by atoms with Gasteiger partial charge in [0.1, 0.15) is 0 Å². The predicted octanol–water partition coefficient (Wildman–Crippen LogP) is 2.81. The van der Waals surface area contributed by atoms with E-state index in [9.17, 15) is 0 Å². The predicted molar refractivity (Wildman–Crippen MR) is 95.4 cm³/mol. The van der Waals surface area contributed by atoms with E-state index in [-0.39, 0.29) is 0 Å². The zero-order chi connectivity index (χ0) is 15.8. The van der Waals surface area contributed by atoms with Crippen LogP contribution in [0.2, 0.25) is 0 Å². The maximum Gasteiger partial charge on any atom is 0.193 e. The number of hydrogen-bond donors (Lipinski definition) is 1. The molecule has 2 aliphatic rings. The lowest BCUT2D eigenvalue weighted by Crippen LogP contribution is -2.40. The normalized spacial score (nSPS) is 25.6. The zero-order valence-electron chi connectivity index (χ0n) is 15.0. The van der Waals surface area contributed by atoms with Crippen molar-refractivity contribution >= 4 is 5.96 Å². The second-order valence-corrected chi connectivity index (χ2v) is 6.92. The molecule has 0 aromatic rings. The lowest BCUT2D eigenvalue weighted by atomic mass is 9.82. The summed E-state index contributed by atoms with van der Waals surface area (Å²) in [5.74, 6) is 2.99. The minimum Gasteiger partial charge on any atom is -0.356 e. The molecule has 2 rings (SSSR count). The van der Waals surface area contributed by atoms with E-state index in [2.05, 4.69) is 34.0 Å². The van der Waals surface area contributed by atoms with E-state index in [0.29, 0.717) is 0 Å². The topological polar surface area (TPSA) is 30.9 Å². The third-order valence-electron chi connectivity index (χ3n) is 5.57. The van der Waals surface area contributed by atoms with Crippen molar-refractivity contribution in [2.24, 2.45) is 16.8 Å². The Morgan fingerprint density at radius 3 is 2.27 bits per heavy atom. The summed E-state index contributed by atoms with van der Waals surface area (Å²) in [5.41, 5.74) is 0. The van der Waals surface area contributed by atoms with Gasteiger partial charge in [-0.25, -0.2) is 0 Å². The van der Waals surface area contributed by atoms with Gasteiger partial charge in [0.05, 0.1) is 0 Å². The van der Waals surface area contributed by atoms with E-state index in [1.807, 2.05) is 7.05 Å². The molecule has 1 aliphatic heterocycles. The molecule has 0 aromatic heterocycles. The molecule has 2 atom stereocenters. The summed E-state index contributed by atoms with van der Waals surface area (Å²) in [6.07, 6.45) is 8.25. The molecule has 4 heteroatoms. The fraction of sp³-hybridized carbons (Fsp3) is 0.944. The smallest absolute Gasteiger partial charge is 0.193 e. The molecule has 1 aliphatic carbocycles. The van der Waals surface area contributed by atoms with E-state index >= 15 is 0 Å². The number of guanidine groups is 1. The van der Waals surface area contributed by atoms with E-state index in [4.69, 9.17) is 0 Å². The highest BCUT2D eigenvalue weighted by Gasteiger charge is 2.35. The Kier molecular flexibility index (Phi) is 7.50. The van der Waals surface area contributed by atoms with Gasteiger partial charge in [0.25, 0.3) is 0 Å². The lowest BCUT2D eigenvalue weighted by molar-refractivity contribution is 0.297. The average molecular weight is 309 g/mol. The van der Waals surface area contributed by atoms with E-state index in [1.54, 1.807) is 0 Å². The summed E-state index contributed by atoms with van der Waals surface area (Å²) in [6.45, 7) is 11.6. The third-order valence-corrected chi connectivity index (χ3v) is 5.57. The molecule has 1 saturated heterocycles. The van der Waals surface area contributed by atoms with Crippen LogP contribution < -0.4 is 5.32 Å².